The second kappa shape index (κ2) is 8.33. The molecule has 1 fully saturated rings. The minimum Gasteiger partial charge on any atom is -0.490 e. The van der Waals surface area contributed by atoms with Gasteiger partial charge in [-0.15, -0.1) is 0 Å². The molecule has 1 aliphatic rings. The third-order valence-corrected chi connectivity index (χ3v) is 4.28. The summed E-state index contributed by atoms with van der Waals surface area (Å²) in [5, 5.41) is 5.66. The van der Waals surface area contributed by atoms with Crippen molar-refractivity contribution in [3.8, 4) is 11.5 Å². The van der Waals surface area contributed by atoms with Crippen molar-refractivity contribution in [1.82, 2.24) is 10.6 Å². The van der Waals surface area contributed by atoms with Crippen LogP contribution in [0, 0.1) is 0 Å². The van der Waals surface area contributed by atoms with Crippen molar-refractivity contribution in [2.75, 3.05) is 6.61 Å². The molecule has 2 N–H and O–H groups in total. The average Bonchev–Trinajstić information content (AvgIpc) is 2.93. The van der Waals surface area contributed by atoms with Crippen LogP contribution in [0.4, 0.5) is 4.79 Å². The van der Waals surface area contributed by atoms with E-state index in [0.29, 0.717) is 33.7 Å². The van der Waals surface area contributed by atoms with E-state index in [1.807, 2.05) is 6.92 Å². The number of hydrogen-bond donors (Lipinski definition) is 2. The van der Waals surface area contributed by atoms with Crippen molar-refractivity contribution < 1.29 is 19.1 Å². The minimum absolute atomic E-state index is 0.170. The highest BCUT2D eigenvalue weighted by molar-refractivity contribution is 6.35. The Morgan fingerprint density at radius 3 is 2.48 bits per heavy atom. The molecule has 2 aromatic carbocycles. The molecule has 1 saturated heterocycles. The van der Waals surface area contributed by atoms with Crippen molar-refractivity contribution in [2.24, 2.45) is 0 Å². The first-order chi connectivity index (χ1) is 13.0. The topological polar surface area (TPSA) is 76.7 Å². The molecule has 140 valence electrons. The van der Waals surface area contributed by atoms with E-state index in [9.17, 15) is 9.59 Å². The smallest absolute Gasteiger partial charge is 0.326 e. The maximum atomic E-state index is 11.6. The first-order valence-corrected chi connectivity index (χ1v) is 8.89. The van der Waals surface area contributed by atoms with Gasteiger partial charge in [0, 0.05) is 15.6 Å². The molecule has 8 heteroatoms. The van der Waals surface area contributed by atoms with Gasteiger partial charge in [0.2, 0.25) is 0 Å². The Kier molecular flexibility index (Phi) is 5.88. The van der Waals surface area contributed by atoms with E-state index in [1.165, 1.54) is 0 Å². The monoisotopic (exact) mass is 406 g/mol. The van der Waals surface area contributed by atoms with Gasteiger partial charge in [-0.05, 0) is 42.8 Å². The lowest BCUT2D eigenvalue weighted by Gasteiger charge is -2.13. The summed E-state index contributed by atoms with van der Waals surface area (Å²) in [6, 6.07) is 9.86. The lowest BCUT2D eigenvalue weighted by molar-refractivity contribution is -0.115. The molecule has 0 atom stereocenters. The molecule has 3 rings (SSSR count). The van der Waals surface area contributed by atoms with Gasteiger partial charge in [-0.1, -0.05) is 35.3 Å². The fourth-order valence-corrected chi connectivity index (χ4v) is 2.91. The van der Waals surface area contributed by atoms with Crippen molar-refractivity contribution in [3.05, 3.63) is 63.3 Å². The normalized spacial score (nSPS) is 14.9. The number of amides is 3. The van der Waals surface area contributed by atoms with Crippen LogP contribution in [0.5, 0.6) is 11.5 Å². The molecule has 0 spiro atoms. The number of halogens is 2. The van der Waals surface area contributed by atoms with E-state index in [2.05, 4.69) is 10.6 Å². The maximum absolute atomic E-state index is 11.6. The molecule has 27 heavy (non-hydrogen) atoms. The zero-order chi connectivity index (χ0) is 19.4. The standard InChI is InChI=1S/C19H16Cl2N2O4/c1-2-26-17-8-11(7-15-18(24)23-19(25)22-15)3-6-16(17)27-10-12-4-5-13(20)9-14(12)21/h3-9H,2,10H2,1H3,(H2,22,23,24,25). The zero-order valence-corrected chi connectivity index (χ0v) is 15.9. The molecule has 1 aliphatic heterocycles. The van der Waals surface area contributed by atoms with Crippen LogP contribution in [0.2, 0.25) is 10.0 Å². The number of nitrogens with one attached hydrogen (secondary N) is 2. The summed E-state index contributed by atoms with van der Waals surface area (Å²) in [6.07, 6.45) is 1.56. The number of carbonyl (C=O) groups excluding carboxylic acids is 2. The van der Waals surface area contributed by atoms with Crippen molar-refractivity contribution >= 4 is 41.2 Å². The quantitative estimate of drug-likeness (QED) is 0.557. The third-order valence-electron chi connectivity index (χ3n) is 3.70. The average molecular weight is 407 g/mol. The second-order valence-corrected chi connectivity index (χ2v) is 6.47. The molecule has 0 radical (unpaired) electrons. The predicted octanol–water partition coefficient (Wildman–Crippen LogP) is 4.15. The number of hydrogen-bond acceptors (Lipinski definition) is 4. The third kappa shape index (κ3) is 4.72. The van der Waals surface area contributed by atoms with E-state index in [4.69, 9.17) is 32.7 Å². The van der Waals surface area contributed by atoms with E-state index >= 15 is 0 Å². The molecule has 0 aromatic heterocycles. The van der Waals surface area contributed by atoms with Gasteiger partial charge in [0.05, 0.1) is 6.61 Å². The zero-order valence-electron chi connectivity index (χ0n) is 14.3. The van der Waals surface area contributed by atoms with E-state index in [1.54, 1.807) is 42.5 Å². The van der Waals surface area contributed by atoms with Crippen LogP contribution in [-0.4, -0.2) is 18.5 Å². The number of imide groups is 1. The predicted molar refractivity (Wildman–Crippen MR) is 103 cm³/mol. The van der Waals surface area contributed by atoms with Crippen molar-refractivity contribution in [3.63, 3.8) is 0 Å². The first-order valence-electron chi connectivity index (χ1n) is 8.14. The Hall–Kier alpha value is -2.70. The molecule has 1 heterocycles. The molecule has 2 aromatic rings. The van der Waals surface area contributed by atoms with Crippen molar-refractivity contribution in [1.29, 1.82) is 0 Å². The largest absolute Gasteiger partial charge is 0.490 e. The van der Waals surface area contributed by atoms with Gasteiger partial charge in [0.15, 0.2) is 11.5 Å². The Morgan fingerprint density at radius 1 is 1.00 bits per heavy atom. The number of ether oxygens (including phenoxy) is 2. The Labute approximate surface area is 166 Å². The van der Waals surface area contributed by atoms with Crippen LogP contribution in [-0.2, 0) is 11.4 Å². The summed E-state index contributed by atoms with van der Waals surface area (Å²) in [5.74, 6) is 0.572. The van der Waals surface area contributed by atoms with E-state index in [0.717, 1.165) is 5.56 Å². The van der Waals surface area contributed by atoms with Crippen LogP contribution >= 0.6 is 23.2 Å². The molecule has 0 saturated carbocycles. The maximum Gasteiger partial charge on any atom is 0.326 e. The highest BCUT2D eigenvalue weighted by Crippen LogP contribution is 2.31. The summed E-state index contributed by atoms with van der Waals surface area (Å²) < 4.78 is 11.5. The highest BCUT2D eigenvalue weighted by atomic mass is 35.5. The minimum atomic E-state index is -0.545. The molecule has 3 amide bonds. The molecule has 0 bridgehead atoms. The number of carbonyl (C=O) groups is 2. The molecule has 0 aliphatic carbocycles. The van der Waals surface area contributed by atoms with Crippen LogP contribution < -0.4 is 20.1 Å². The molecule has 0 unspecified atom stereocenters. The van der Waals surface area contributed by atoms with Gasteiger partial charge in [-0.3, -0.25) is 10.1 Å². The number of benzene rings is 2. The fourth-order valence-electron chi connectivity index (χ4n) is 2.45. The van der Waals surface area contributed by atoms with Crippen LogP contribution in [0.15, 0.2) is 42.1 Å². The van der Waals surface area contributed by atoms with Crippen molar-refractivity contribution in [2.45, 2.75) is 13.5 Å². The van der Waals surface area contributed by atoms with Gasteiger partial charge in [-0.25, -0.2) is 4.79 Å². The van der Waals surface area contributed by atoms with Gasteiger partial charge in [0.25, 0.3) is 5.91 Å². The van der Waals surface area contributed by atoms with Gasteiger partial charge in [-0.2, -0.15) is 0 Å². The summed E-state index contributed by atoms with van der Waals surface area (Å²) in [7, 11) is 0. The summed E-state index contributed by atoms with van der Waals surface area (Å²) >= 11 is 12.1. The lowest BCUT2D eigenvalue weighted by Crippen LogP contribution is -2.22. The Balaban J connectivity index is 1.80. The first kappa shape index (κ1) is 19.1. The number of urea groups is 1. The van der Waals surface area contributed by atoms with Gasteiger partial charge >= 0.3 is 6.03 Å². The summed E-state index contributed by atoms with van der Waals surface area (Å²) in [5.41, 5.74) is 1.65. The molecule has 6 nitrogen and oxygen atoms in total. The Morgan fingerprint density at radius 2 is 1.81 bits per heavy atom. The number of rotatable bonds is 6. The van der Waals surface area contributed by atoms with Gasteiger partial charge < -0.3 is 14.8 Å². The van der Waals surface area contributed by atoms with E-state index in [-0.39, 0.29) is 12.3 Å². The van der Waals surface area contributed by atoms with E-state index < -0.39 is 11.9 Å². The highest BCUT2D eigenvalue weighted by Gasteiger charge is 2.22. The second-order valence-electron chi connectivity index (χ2n) is 5.63. The summed E-state index contributed by atoms with van der Waals surface area (Å²) in [6.45, 7) is 2.54. The Bertz CT molecular complexity index is 928. The molecular weight excluding hydrogens is 391 g/mol. The van der Waals surface area contributed by atoms with Crippen LogP contribution in [0.1, 0.15) is 18.1 Å². The van der Waals surface area contributed by atoms with Crippen LogP contribution in [0.25, 0.3) is 6.08 Å². The van der Waals surface area contributed by atoms with Crippen LogP contribution in [0.3, 0.4) is 0 Å². The SMILES string of the molecule is CCOc1cc(C=C2NC(=O)NC2=O)ccc1OCc1ccc(Cl)cc1Cl. The lowest BCUT2D eigenvalue weighted by atomic mass is 10.1. The van der Waals surface area contributed by atoms with Gasteiger partial charge in [0.1, 0.15) is 12.3 Å². The molecular formula is C19H16Cl2N2O4. The fraction of sp³-hybridized carbons (Fsp3) is 0.158. The summed E-state index contributed by atoms with van der Waals surface area (Å²) in [4.78, 5) is 22.8.